The molecule has 0 aromatic heterocycles. The van der Waals surface area contributed by atoms with Gasteiger partial charge in [0.15, 0.2) is 0 Å². The van der Waals surface area contributed by atoms with E-state index in [-0.39, 0.29) is 0 Å². The molecule has 0 amide bonds. The molecule has 0 bridgehead atoms. The zero-order valence-electron chi connectivity index (χ0n) is 13.0. The summed E-state index contributed by atoms with van der Waals surface area (Å²) >= 11 is 0. The van der Waals surface area contributed by atoms with Gasteiger partial charge in [-0.1, -0.05) is 32.4 Å². The summed E-state index contributed by atoms with van der Waals surface area (Å²) in [5.74, 6) is -1.43. The van der Waals surface area contributed by atoms with Crippen molar-refractivity contribution in [3.8, 4) is 0 Å². The van der Waals surface area contributed by atoms with Crippen molar-refractivity contribution in [1.29, 1.82) is 0 Å². The van der Waals surface area contributed by atoms with Crippen LogP contribution in [0.2, 0.25) is 0 Å². The number of hydrogen-bond acceptors (Lipinski definition) is 2. The van der Waals surface area contributed by atoms with E-state index in [4.69, 9.17) is 5.11 Å². The number of carboxylic acids is 1. The van der Waals surface area contributed by atoms with Gasteiger partial charge in [-0.15, -0.1) is 0 Å². The maximum Gasteiger partial charge on any atom is 0.372 e. The van der Waals surface area contributed by atoms with Crippen LogP contribution in [-0.4, -0.2) is 16.9 Å². The molecule has 0 heterocycles. The Kier molecular flexibility index (Phi) is 7.65. The van der Waals surface area contributed by atoms with Gasteiger partial charge in [0, 0.05) is 5.41 Å². The van der Waals surface area contributed by atoms with Crippen LogP contribution in [0.4, 0.5) is 0 Å². The highest BCUT2D eigenvalue weighted by molar-refractivity contribution is 6.34. The van der Waals surface area contributed by atoms with E-state index in [1.807, 2.05) is 6.92 Å². The molecule has 2 unspecified atom stereocenters. The molecular formula is C16H28O3. The molecule has 3 heteroatoms. The minimum absolute atomic E-state index is 0.517. The molecule has 19 heavy (non-hydrogen) atoms. The molecular weight excluding hydrogens is 240 g/mol. The largest absolute Gasteiger partial charge is 0.475 e. The van der Waals surface area contributed by atoms with Gasteiger partial charge < -0.3 is 5.11 Å². The summed E-state index contributed by atoms with van der Waals surface area (Å²) in [6.45, 7) is 10.00. The predicted molar refractivity (Wildman–Crippen MR) is 78.1 cm³/mol. The Morgan fingerprint density at radius 3 is 2.26 bits per heavy atom. The van der Waals surface area contributed by atoms with Crippen molar-refractivity contribution in [1.82, 2.24) is 0 Å². The normalized spacial score (nSPS) is 15.4. The molecule has 110 valence electrons. The Morgan fingerprint density at radius 1 is 1.26 bits per heavy atom. The van der Waals surface area contributed by atoms with Crippen molar-refractivity contribution in [2.24, 2.45) is 11.3 Å². The number of hydrogen-bond donors (Lipinski definition) is 1. The third-order valence-electron chi connectivity index (χ3n) is 3.92. The van der Waals surface area contributed by atoms with Crippen molar-refractivity contribution in [2.75, 3.05) is 0 Å². The van der Waals surface area contributed by atoms with Gasteiger partial charge in [0.1, 0.15) is 0 Å². The van der Waals surface area contributed by atoms with E-state index in [9.17, 15) is 9.59 Å². The van der Waals surface area contributed by atoms with Crippen LogP contribution in [0, 0.1) is 11.3 Å². The molecule has 2 atom stereocenters. The lowest BCUT2D eigenvalue weighted by atomic mass is 9.76. The minimum Gasteiger partial charge on any atom is -0.475 e. The third-order valence-corrected chi connectivity index (χ3v) is 3.92. The molecule has 0 rings (SSSR count). The first-order chi connectivity index (χ1) is 8.73. The smallest absolute Gasteiger partial charge is 0.372 e. The van der Waals surface area contributed by atoms with Crippen molar-refractivity contribution in [3.05, 3.63) is 11.6 Å². The molecule has 0 aromatic rings. The highest BCUT2D eigenvalue weighted by Crippen LogP contribution is 2.31. The topological polar surface area (TPSA) is 54.4 Å². The quantitative estimate of drug-likeness (QED) is 0.503. The van der Waals surface area contributed by atoms with Crippen LogP contribution in [0.5, 0.6) is 0 Å². The first kappa shape index (κ1) is 17.9. The van der Waals surface area contributed by atoms with Gasteiger partial charge in [-0.05, 0) is 51.9 Å². The fraction of sp³-hybridized carbons (Fsp3) is 0.750. The SMILES string of the molecule is CCC(C)(CCC(C)CCC=C(C)C)C(=O)C(=O)O. The number of rotatable bonds is 9. The highest BCUT2D eigenvalue weighted by atomic mass is 16.4. The Labute approximate surface area is 117 Å². The number of carbonyl (C=O) groups is 2. The lowest BCUT2D eigenvalue weighted by Gasteiger charge is -2.26. The van der Waals surface area contributed by atoms with E-state index >= 15 is 0 Å². The number of Topliss-reactive ketones (excluding diaryl/α,β-unsaturated/α-hetero) is 1. The van der Waals surface area contributed by atoms with Crippen molar-refractivity contribution in [2.45, 2.75) is 66.7 Å². The third kappa shape index (κ3) is 6.55. The number of carbonyl (C=O) groups excluding carboxylic acids is 1. The Hall–Kier alpha value is -1.12. The van der Waals surface area contributed by atoms with Crippen LogP contribution in [-0.2, 0) is 9.59 Å². The van der Waals surface area contributed by atoms with Gasteiger partial charge in [0.2, 0.25) is 5.78 Å². The highest BCUT2D eigenvalue weighted by Gasteiger charge is 2.35. The van der Waals surface area contributed by atoms with Gasteiger partial charge in [0.05, 0.1) is 0 Å². The molecule has 0 spiro atoms. The van der Waals surface area contributed by atoms with E-state index in [0.717, 1.165) is 19.3 Å². The van der Waals surface area contributed by atoms with Gasteiger partial charge in [-0.25, -0.2) is 4.79 Å². The standard InChI is InChI=1S/C16H28O3/c1-6-16(5,14(17)15(18)19)11-10-13(4)9-7-8-12(2)3/h8,13H,6-7,9-11H2,1-5H3,(H,18,19). The maximum atomic E-state index is 11.7. The lowest BCUT2D eigenvalue weighted by molar-refractivity contribution is -0.154. The molecule has 0 saturated heterocycles. The second-order valence-corrected chi connectivity index (χ2v) is 6.05. The summed E-state index contributed by atoms with van der Waals surface area (Å²) < 4.78 is 0. The van der Waals surface area contributed by atoms with E-state index in [2.05, 4.69) is 26.8 Å². The summed E-state index contributed by atoms with van der Waals surface area (Å²) in [4.78, 5) is 22.5. The molecule has 0 aliphatic carbocycles. The van der Waals surface area contributed by atoms with E-state index in [0.29, 0.717) is 18.8 Å². The molecule has 0 saturated carbocycles. The molecule has 0 fully saturated rings. The van der Waals surface area contributed by atoms with Crippen molar-refractivity contribution in [3.63, 3.8) is 0 Å². The van der Waals surface area contributed by atoms with Crippen molar-refractivity contribution < 1.29 is 14.7 Å². The van der Waals surface area contributed by atoms with Crippen LogP contribution in [0.25, 0.3) is 0 Å². The fourth-order valence-corrected chi connectivity index (χ4v) is 2.07. The van der Waals surface area contributed by atoms with E-state index in [1.165, 1.54) is 5.57 Å². The Balaban J connectivity index is 4.31. The van der Waals surface area contributed by atoms with Gasteiger partial charge in [-0.3, -0.25) is 4.79 Å². The van der Waals surface area contributed by atoms with Crippen LogP contribution in [0.15, 0.2) is 11.6 Å². The monoisotopic (exact) mass is 268 g/mol. The number of allylic oxidation sites excluding steroid dienone is 2. The zero-order valence-corrected chi connectivity index (χ0v) is 13.0. The second kappa shape index (κ2) is 8.13. The summed E-state index contributed by atoms with van der Waals surface area (Å²) in [5, 5.41) is 8.86. The fourth-order valence-electron chi connectivity index (χ4n) is 2.07. The Morgan fingerprint density at radius 2 is 1.84 bits per heavy atom. The first-order valence-corrected chi connectivity index (χ1v) is 7.14. The summed E-state index contributed by atoms with van der Waals surface area (Å²) in [7, 11) is 0. The number of carboxylic acid groups (broad SMARTS) is 1. The van der Waals surface area contributed by atoms with E-state index < -0.39 is 17.2 Å². The summed E-state index contributed by atoms with van der Waals surface area (Å²) in [5.41, 5.74) is 0.614. The van der Waals surface area contributed by atoms with Crippen LogP contribution < -0.4 is 0 Å². The molecule has 0 aromatic carbocycles. The average Bonchev–Trinajstić information content (AvgIpc) is 2.34. The van der Waals surface area contributed by atoms with Crippen LogP contribution >= 0.6 is 0 Å². The number of ketones is 1. The van der Waals surface area contributed by atoms with Crippen LogP contribution in [0.1, 0.15) is 66.7 Å². The predicted octanol–water partition coefficient (Wildman–Crippen LogP) is 4.22. The van der Waals surface area contributed by atoms with Crippen molar-refractivity contribution >= 4 is 11.8 Å². The molecule has 0 radical (unpaired) electrons. The van der Waals surface area contributed by atoms with E-state index in [1.54, 1.807) is 6.92 Å². The first-order valence-electron chi connectivity index (χ1n) is 7.14. The molecule has 0 aliphatic rings. The second-order valence-electron chi connectivity index (χ2n) is 6.05. The molecule has 3 nitrogen and oxygen atoms in total. The van der Waals surface area contributed by atoms with Gasteiger partial charge in [-0.2, -0.15) is 0 Å². The molecule has 1 N–H and O–H groups in total. The molecule has 0 aliphatic heterocycles. The Bertz CT molecular complexity index is 340. The van der Waals surface area contributed by atoms with Gasteiger partial charge >= 0.3 is 5.97 Å². The van der Waals surface area contributed by atoms with Gasteiger partial charge in [0.25, 0.3) is 0 Å². The summed E-state index contributed by atoms with van der Waals surface area (Å²) in [6.07, 6.45) is 6.51. The van der Waals surface area contributed by atoms with Crippen LogP contribution in [0.3, 0.4) is 0 Å². The summed E-state index contributed by atoms with van der Waals surface area (Å²) in [6, 6.07) is 0. The number of aliphatic carboxylic acids is 1. The maximum absolute atomic E-state index is 11.7. The zero-order chi connectivity index (χ0) is 15.1. The lowest BCUT2D eigenvalue weighted by Crippen LogP contribution is -2.33. The average molecular weight is 268 g/mol. The minimum atomic E-state index is -1.30.